The van der Waals surface area contributed by atoms with Crippen LogP contribution in [0.3, 0.4) is 0 Å². The molecule has 0 saturated carbocycles. The standard InChI is InChI=1S/C16H23NO3/c1-16(2,3)8-10-4-5-14(18)12(6-10)13-7-11(9-17-13)15(19)20/h4-6,11,13,17-18H,7-9H2,1-3H3,(H,19,20). The van der Waals surface area contributed by atoms with Crippen LogP contribution >= 0.6 is 0 Å². The largest absolute Gasteiger partial charge is 0.508 e. The predicted molar refractivity (Wildman–Crippen MR) is 77.8 cm³/mol. The first kappa shape index (κ1) is 14.9. The Balaban J connectivity index is 2.19. The third-order valence-corrected chi connectivity index (χ3v) is 3.68. The molecule has 1 heterocycles. The maximum absolute atomic E-state index is 11.0. The number of aromatic hydroxyl groups is 1. The highest BCUT2D eigenvalue weighted by molar-refractivity contribution is 5.71. The van der Waals surface area contributed by atoms with Crippen molar-refractivity contribution in [2.24, 2.45) is 11.3 Å². The average molecular weight is 277 g/mol. The maximum atomic E-state index is 11.0. The van der Waals surface area contributed by atoms with Gasteiger partial charge in [0, 0.05) is 18.2 Å². The Labute approximate surface area is 119 Å². The lowest BCUT2D eigenvalue weighted by Gasteiger charge is -2.20. The number of carboxylic acids is 1. The molecule has 3 N–H and O–H groups in total. The van der Waals surface area contributed by atoms with E-state index in [-0.39, 0.29) is 23.1 Å². The van der Waals surface area contributed by atoms with Crippen LogP contribution < -0.4 is 5.32 Å². The molecule has 0 amide bonds. The molecular weight excluding hydrogens is 254 g/mol. The Morgan fingerprint density at radius 2 is 2.10 bits per heavy atom. The van der Waals surface area contributed by atoms with E-state index in [0.29, 0.717) is 13.0 Å². The number of nitrogens with one attached hydrogen (secondary N) is 1. The fraction of sp³-hybridized carbons (Fsp3) is 0.562. The molecule has 4 nitrogen and oxygen atoms in total. The first-order chi connectivity index (χ1) is 9.26. The molecule has 0 aromatic heterocycles. The number of phenols is 1. The van der Waals surface area contributed by atoms with Crippen molar-refractivity contribution in [2.75, 3.05) is 6.54 Å². The Kier molecular flexibility index (Phi) is 4.04. The van der Waals surface area contributed by atoms with E-state index in [0.717, 1.165) is 12.0 Å². The summed E-state index contributed by atoms with van der Waals surface area (Å²) in [6, 6.07) is 5.58. The van der Waals surface area contributed by atoms with Crippen molar-refractivity contribution in [3.05, 3.63) is 29.3 Å². The number of phenolic OH excluding ortho intramolecular Hbond substituents is 1. The van der Waals surface area contributed by atoms with Crippen molar-refractivity contribution in [1.82, 2.24) is 5.32 Å². The van der Waals surface area contributed by atoms with E-state index >= 15 is 0 Å². The molecule has 1 aromatic carbocycles. The summed E-state index contributed by atoms with van der Waals surface area (Å²) in [7, 11) is 0. The average Bonchev–Trinajstić information content (AvgIpc) is 2.79. The van der Waals surface area contributed by atoms with Gasteiger partial charge in [0.05, 0.1) is 5.92 Å². The topological polar surface area (TPSA) is 69.6 Å². The van der Waals surface area contributed by atoms with Crippen LogP contribution in [0.4, 0.5) is 0 Å². The van der Waals surface area contributed by atoms with Crippen molar-refractivity contribution in [2.45, 2.75) is 39.7 Å². The van der Waals surface area contributed by atoms with Gasteiger partial charge >= 0.3 is 5.97 Å². The second kappa shape index (κ2) is 5.44. The molecule has 20 heavy (non-hydrogen) atoms. The van der Waals surface area contributed by atoms with E-state index < -0.39 is 5.97 Å². The molecule has 1 fully saturated rings. The van der Waals surface area contributed by atoms with Gasteiger partial charge in [-0.25, -0.2) is 0 Å². The molecule has 0 bridgehead atoms. The van der Waals surface area contributed by atoms with Crippen molar-refractivity contribution < 1.29 is 15.0 Å². The van der Waals surface area contributed by atoms with Crippen LogP contribution in [0.15, 0.2) is 18.2 Å². The van der Waals surface area contributed by atoms with E-state index in [1.165, 1.54) is 5.56 Å². The van der Waals surface area contributed by atoms with Gasteiger partial charge < -0.3 is 15.5 Å². The van der Waals surface area contributed by atoms with Gasteiger partial charge in [0.25, 0.3) is 0 Å². The minimum Gasteiger partial charge on any atom is -0.508 e. The molecule has 0 spiro atoms. The molecule has 2 rings (SSSR count). The molecule has 1 aromatic rings. The van der Waals surface area contributed by atoms with E-state index in [4.69, 9.17) is 5.11 Å². The van der Waals surface area contributed by atoms with Crippen LogP contribution in [0.5, 0.6) is 5.75 Å². The Morgan fingerprint density at radius 1 is 1.40 bits per heavy atom. The maximum Gasteiger partial charge on any atom is 0.307 e. The fourth-order valence-corrected chi connectivity index (χ4v) is 2.77. The highest BCUT2D eigenvalue weighted by Gasteiger charge is 2.31. The molecule has 2 unspecified atom stereocenters. The summed E-state index contributed by atoms with van der Waals surface area (Å²) in [4.78, 5) is 11.0. The Bertz CT molecular complexity index is 505. The highest BCUT2D eigenvalue weighted by atomic mass is 16.4. The molecule has 2 atom stereocenters. The number of hydrogen-bond acceptors (Lipinski definition) is 3. The molecular formula is C16H23NO3. The van der Waals surface area contributed by atoms with Gasteiger partial charge in [-0.3, -0.25) is 4.79 Å². The second-order valence-corrected chi connectivity index (χ2v) is 6.86. The minimum absolute atomic E-state index is 0.0731. The van der Waals surface area contributed by atoms with Crippen LogP contribution in [0, 0.1) is 11.3 Å². The SMILES string of the molecule is CC(C)(C)Cc1ccc(O)c(C2CC(C(=O)O)CN2)c1. The van der Waals surface area contributed by atoms with Gasteiger partial charge in [0.2, 0.25) is 0 Å². The minimum atomic E-state index is -0.773. The monoisotopic (exact) mass is 277 g/mol. The zero-order chi connectivity index (χ0) is 14.9. The summed E-state index contributed by atoms with van der Waals surface area (Å²) < 4.78 is 0. The van der Waals surface area contributed by atoms with E-state index in [1.54, 1.807) is 6.07 Å². The number of rotatable bonds is 3. The van der Waals surface area contributed by atoms with E-state index in [2.05, 4.69) is 26.1 Å². The second-order valence-electron chi connectivity index (χ2n) is 6.86. The Morgan fingerprint density at radius 3 is 2.65 bits per heavy atom. The number of carboxylic acid groups (broad SMARTS) is 1. The third kappa shape index (κ3) is 3.51. The zero-order valence-electron chi connectivity index (χ0n) is 12.3. The fourth-order valence-electron chi connectivity index (χ4n) is 2.77. The van der Waals surface area contributed by atoms with Gasteiger partial charge in [-0.1, -0.05) is 32.9 Å². The van der Waals surface area contributed by atoms with Crippen molar-refractivity contribution in [3.8, 4) is 5.75 Å². The molecule has 1 saturated heterocycles. The Hall–Kier alpha value is -1.55. The molecule has 1 aliphatic rings. The van der Waals surface area contributed by atoms with Gasteiger partial charge in [-0.05, 0) is 29.9 Å². The molecule has 110 valence electrons. The number of aliphatic carboxylic acids is 1. The van der Waals surface area contributed by atoms with Gasteiger partial charge in [-0.15, -0.1) is 0 Å². The van der Waals surface area contributed by atoms with Crippen LogP contribution in [-0.4, -0.2) is 22.7 Å². The lowest BCUT2D eigenvalue weighted by molar-refractivity contribution is -0.141. The van der Waals surface area contributed by atoms with E-state index in [1.807, 2.05) is 12.1 Å². The van der Waals surface area contributed by atoms with Crippen molar-refractivity contribution in [3.63, 3.8) is 0 Å². The van der Waals surface area contributed by atoms with Gasteiger partial charge in [0.1, 0.15) is 5.75 Å². The third-order valence-electron chi connectivity index (χ3n) is 3.68. The summed E-state index contributed by atoms with van der Waals surface area (Å²) >= 11 is 0. The smallest absolute Gasteiger partial charge is 0.307 e. The molecule has 0 radical (unpaired) electrons. The molecule has 0 aliphatic carbocycles. The van der Waals surface area contributed by atoms with Gasteiger partial charge in [-0.2, -0.15) is 0 Å². The summed E-state index contributed by atoms with van der Waals surface area (Å²) in [5.41, 5.74) is 2.17. The normalized spacial score (nSPS) is 22.9. The quantitative estimate of drug-likeness (QED) is 0.794. The lowest BCUT2D eigenvalue weighted by Crippen LogP contribution is -2.17. The summed E-state index contributed by atoms with van der Waals surface area (Å²) in [5, 5.41) is 22.3. The van der Waals surface area contributed by atoms with Crippen molar-refractivity contribution >= 4 is 5.97 Å². The summed E-state index contributed by atoms with van der Waals surface area (Å²) in [6.07, 6.45) is 1.46. The summed E-state index contributed by atoms with van der Waals surface area (Å²) in [6.45, 7) is 6.98. The summed E-state index contributed by atoms with van der Waals surface area (Å²) in [5.74, 6) is -0.901. The molecule has 4 heteroatoms. The molecule has 1 aliphatic heterocycles. The van der Waals surface area contributed by atoms with Crippen LogP contribution in [0.1, 0.15) is 44.4 Å². The first-order valence-corrected chi connectivity index (χ1v) is 7.04. The predicted octanol–water partition coefficient (Wildman–Crippen LogP) is 2.72. The number of benzene rings is 1. The van der Waals surface area contributed by atoms with Crippen molar-refractivity contribution in [1.29, 1.82) is 0 Å². The number of carbonyl (C=O) groups is 1. The lowest BCUT2D eigenvalue weighted by atomic mass is 9.86. The first-order valence-electron chi connectivity index (χ1n) is 7.04. The van der Waals surface area contributed by atoms with Crippen LogP contribution in [0.25, 0.3) is 0 Å². The van der Waals surface area contributed by atoms with Crippen LogP contribution in [0.2, 0.25) is 0 Å². The van der Waals surface area contributed by atoms with Gasteiger partial charge in [0.15, 0.2) is 0 Å². The van der Waals surface area contributed by atoms with Crippen LogP contribution in [-0.2, 0) is 11.2 Å². The van der Waals surface area contributed by atoms with E-state index in [9.17, 15) is 9.90 Å². The number of hydrogen-bond donors (Lipinski definition) is 3. The zero-order valence-corrected chi connectivity index (χ0v) is 12.3. The highest BCUT2D eigenvalue weighted by Crippen LogP contribution is 2.34.